The maximum atomic E-state index is 13.6. The van der Waals surface area contributed by atoms with E-state index >= 15 is 0 Å². The van der Waals surface area contributed by atoms with Crippen molar-refractivity contribution in [2.75, 3.05) is 13.2 Å². The quantitative estimate of drug-likeness (QED) is 0.120. The second-order valence-electron chi connectivity index (χ2n) is 12.5. The second kappa shape index (κ2) is 18.5. The molecule has 4 N–H and O–H groups in total. The van der Waals surface area contributed by atoms with Crippen molar-refractivity contribution in [1.82, 2.24) is 21.3 Å². The average molecular weight is 645 g/mol. The first-order chi connectivity index (χ1) is 21.7. The van der Waals surface area contributed by atoms with Gasteiger partial charge in [-0.05, 0) is 58.4 Å². The molecule has 1 aliphatic heterocycles. The van der Waals surface area contributed by atoms with Crippen LogP contribution in [0.1, 0.15) is 72.8 Å². The summed E-state index contributed by atoms with van der Waals surface area (Å²) in [6, 6.07) is 5.71. The highest BCUT2D eigenvalue weighted by Gasteiger charge is 2.33. The number of ether oxygens (including phenoxy) is 3. The van der Waals surface area contributed by atoms with E-state index in [-0.39, 0.29) is 43.8 Å². The number of nitrogens with one attached hydrogen (secondary N) is 4. The molecular formula is C33H48N4O9. The number of rotatable bonds is 16. The van der Waals surface area contributed by atoms with Gasteiger partial charge in [0, 0.05) is 24.6 Å². The van der Waals surface area contributed by atoms with Gasteiger partial charge >= 0.3 is 18.0 Å². The number of esters is 2. The summed E-state index contributed by atoms with van der Waals surface area (Å²) in [7, 11) is 0. The fourth-order valence-electron chi connectivity index (χ4n) is 4.67. The van der Waals surface area contributed by atoms with Crippen LogP contribution >= 0.6 is 0 Å². The zero-order valence-electron chi connectivity index (χ0n) is 27.6. The molecule has 13 nitrogen and oxygen atoms in total. The van der Waals surface area contributed by atoms with Crippen LogP contribution in [0.25, 0.3) is 0 Å². The van der Waals surface area contributed by atoms with Crippen LogP contribution in [-0.4, -0.2) is 72.6 Å². The first-order valence-electron chi connectivity index (χ1n) is 15.6. The summed E-state index contributed by atoms with van der Waals surface area (Å²) in [5, 5.41) is 10.7. The number of hydrogen-bond donors (Lipinski definition) is 4. The summed E-state index contributed by atoms with van der Waals surface area (Å²) in [5.41, 5.74) is -0.116. The highest BCUT2D eigenvalue weighted by Crippen LogP contribution is 2.18. The molecule has 0 unspecified atom stereocenters. The summed E-state index contributed by atoms with van der Waals surface area (Å²) in [6.45, 7) is 11.0. The largest absolute Gasteiger partial charge is 0.463 e. The molecule has 1 aromatic carbocycles. The van der Waals surface area contributed by atoms with Crippen molar-refractivity contribution < 1.29 is 43.0 Å². The molecule has 0 bridgehead atoms. The Bertz CT molecular complexity index is 1230. The van der Waals surface area contributed by atoms with Gasteiger partial charge in [-0.1, -0.05) is 50.3 Å². The van der Waals surface area contributed by atoms with Gasteiger partial charge in [0.15, 0.2) is 0 Å². The van der Waals surface area contributed by atoms with Gasteiger partial charge in [-0.15, -0.1) is 0 Å². The maximum absolute atomic E-state index is 13.6. The standard InChI is InChI=1S/C33H48N4O9/c1-7-44-27(38)14-13-24(18-23-15-16-34-29(23)40)35-30(41)25(17-21(2)3)36-31(42)26(19-28(39)46-33(4,5)6)37-32(43)45-20-22-11-9-8-10-12-22/h8-14,21,23-26H,7,15-20H2,1-6H3,(H,34,40)(H,35,41)(H,36,42)(H,37,43)/b14-13+/t23-,24+,25-,26-/m0/s1. The fourth-order valence-corrected chi connectivity index (χ4v) is 4.67. The highest BCUT2D eigenvalue weighted by atomic mass is 16.6. The summed E-state index contributed by atoms with van der Waals surface area (Å²) >= 11 is 0. The molecule has 1 heterocycles. The summed E-state index contributed by atoms with van der Waals surface area (Å²) in [4.78, 5) is 76.7. The van der Waals surface area contributed by atoms with Crippen LogP contribution in [0.5, 0.6) is 0 Å². The van der Waals surface area contributed by atoms with Crippen molar-refractivity contribution in [3.8, 4) is 0 Å². The van der Waals surface area contributed by atoms with Gasteiger partial charge in [-0.25, -0.2) is 9.59 Å². The summed E-state index contributed by atoms with van der Waals surface area (Å²) in [6.07, 6.45) is 2.23. The van der Waals surface area contributed by atoms with Crippen molar-refractivity contribution in [2.24, 2.45) is 11.8 Å². The number of hydrogen-bond acceptors (Lipinski definition) is 9. The number of benzene rings is 1. The van der Waals surface area contributed by atoms with Crippen molar-refractivity contribution in [3.63, 3.8) is 0 Å². The Morgan fingerprint density at radius 1 is 0.978 bits per heavy atom. The first-order valence-corrected chi connectivity index (χ1v) is 15.6. The van der Waals surface area contributed by atoms with Crippen molar-refractivity contribution in [1.29, 1.82) is 0 Å². The number of carbonyl (C=O) groups excluding carboxylic acids is 6. The molecule has 0 spiro atoms. The molecule has 13 heteroatoms. The Balaban J connectivity index is 2.22. The number of alkyl carbamates (subject to hydrolysis) is 1. The molecule has 4 amide bonds. The number of carbonyl (C=O) groups is 6. The summed E-state index contributed by atoms with van der Waals surface area (Å²) < 4.78 is 15.6. The second-order valence-corrected chi connectivity index (χ2v) is 12.5. The van der Waals surface area contributed by atoms with Crippen LogP contribution < -0.4 is 21.3 Å². The minimum Gasteiger partial charge on any atom is -0.463 e. The Hall–Kier alpha value is -4.42. The van der Waals surface area contributed by atoms with Crippen molar-refractivity contribution in [2.45, 2.75) is 97.6 Å². The Kier molecular flexibility index (Phi) is 15.2. The minimum atomic E-state index is -1.41. The highest BCUT2D eigenvalue weighted by molar-refractivity contribution is 5.93. The SMILES string of the molecule is CCOC(=O)/C=C/[C@H](C[C@@H]1CCNC1=O)NC(=O)[C@H](CC(C)C)NC(=O)[C@H](CC(=O)OC(C)(C)C)NC(=O)OCc1ccccc1. The van der Waals surface area contributed by atoms with Gasteiger partial charge < -0.3 is 35.5 Å². The maximum Gasteiger partial charge on any atom is 0.408 e. The van der Waals surface area contributed by atoms with Gasteiger partial charge in [-0.2, -0.15) is 0 Å². The Morgan fingerprint density at radius 2 is 1.65 bits per heavy atom. The van der Waals surface area contributed by atoms with Crippen molar-refractivity contribution >= 4 is 35.8 Å². The predicted octanol–water partition coefficient (Wildman–Crippen LogP) is 2.67. The fraction of sp³-hybridized carbons (Fsp3) is 0.576. The smallest absolute Gasteiger partial charge is 0.408 e. The summed E-state index contributed by atoms with van der Waals surface area (Å²) in [5.74, 6) is -3.26. The molecule has 0 aliphatic carbocycles. The molecule has 0 radical (unpaired) electrons. The van der Waals surface area contributed by atoms with Crippen LogP contribution in [0, 0.1) is 11.8 Å². The van der Waals surface area contributed by atoms with Gasteiger partial charge in [0.05, 0.1) is 13.0 Å². The van der Waals surface area contributed by atoms with Crippen LogP contribution in [0.15, 0.2) is 42.5 Å². The normalized spacial score (nSPS) is 16.6. The van der Waals surface area contributed by atoms with Crippen LogP contribution in [-0.2, 0) is 44.8 Å². The molecule has 0 saturated carbocycles. The Morgan fingerprint density at radius 3 is 2.24 bits per heavy atom. The van der Waals surface area contributed by atoms with Gasteiger partial charge in [0.2, 0.25) is 17.7 Å². The van der Waals surface area contributed by atoms with E-state index in [9.17, 15) is 28.8 Å². The molecular weight excluding hydrogens is 596 g/mol. The average Bonchev–Trinajstić information content (AvgIpc) is 3.37. The molecule has 0 aromatic heterocycles. The van der Waals surface area contributed by atoms with E-state index in [1.807, 2.05) is 19.9 Å². The molecule has 1 aromatic rings. The lowest BCUT2D eigenvalue weighted by Crippen LogP contribution is -2.55. The Labute approximate surface area is 270 Å². The van der Waals surface area contributed by atoms with Gasteiger partial charge in [-0.3, -0.25) is 19.2 Å². The van der Waals surface area contributed by atoms with E-state index in [0.29, 0.717) is 13.0 Å². The van der Waals surface area contributed by atoms with E-state index in [1.54, 1.807) is 52.0 Å². The lowest BCUT2D eigenvalue weighted by atomic mass is 9.97. The van der Waals surface area contributed by atoms with Crippen LogP contribution in [0.4, 0.5) is 4.79 Å². The zero-order chi connectivity index (χ0) is 34.3. The lowest BCUT2D eigenvalue weighted by Gasteiger charge is -2.26. The van der Waals surface area contributed by atoms with E-state index in [2.05, 4.69) is 21.3 Å². The predicted molar refractivity (Wildman–Crippen MR) is 169 cm³/mol. The van der Waals surface area contributed by atoms with E-state index < -0.39 is 60.0 Å². The lowest BCUT2D eigenvalue weighted by molar-refractivity contribution is -0.156. The molecule has 4 atom stereocenters. The molecule has 46 heavy (non-hydrogen) atoms. The third kappa shape index (κ3) is 14.6. The number of amides is 4. The van der Waals surface area contributed by atoms with Crippen LogP contribution in [0.2, 0.25) is 0 Å². The van der Waals surface area contributed by atoms with E-state index in [1.165, 1.54) is 12.2 Å². The monoisotopic (exact) mass is 644 g/mol. The zero-order valence-corrected chi connectivity index (χ0v) is 27.6. The van der Waals surface area contributed by atoms with Gasteiger partial charge in [0.1, 0.15) is 24.3 Å². The van der Waals surface area contributed by atoms with E-state index in [4.69, 9.17) is 14.2 Å². The molecule has 1 fully saturated rings. The minimum absolute atomic E-state index is 0.0433. The molecule has 2 rings (SSSR count). The van der Waals surface area contributed by atoms with E-state index in [0.717, 1.165) is 5.56 Å². The third-order valence-corrected chi connectivity index (χ3v) is 6.73. The first kappa shape index (κ1) is 37.8. The molecule has 254 valence electrons. The van der Waals surface area contributed by atoms with Crippen molar-refractivity contribution in [3.05, 3.63) is 48.0 Å². The molecule has 1 aliphatic rings. The topological polar surface area (TPSA) is 178 Å². The third-order valence-electron chi connectivity index (χ3n) is 6.73. The van der Waals surface area contributed by atoms with Crippen LogP contribution in [0.3, 0.4) is 0 Å². The molecule has 1 saturated heterocycles. The van der Waals surface area contributed by atoms with Gasteiger partial charge in [0.25, 0.3) is 0 Å².